The van der Waals surface area contributed by atoms with E-state index in [0.717, 1.165) is 11.0 Å². The van der Waals surface area contributed by atoms with Crippen molar-refractivity contribution in [1.29, 1.82) is 0 Å². The molecule has 1 aromatic heterocycles. The van der Waals surface area contributed by atoms with Gasteiger partial charge in [-0.25, -0.2) is 4.68 Å². The van der Waals surface area contributed by atoms with Crippen LogP contribution in [0.15, 0.2) is 30.2 Å². The Bertz CT molecular complexity index is 419. The Morgan fingerprint density at radius 3 is 3.00 bits per heavy atom. The topological polar surface area (TPSA) is 30.7 Å². The van der Waals surface area contributed by atoms with Gasteiger partial charge in [0, 0.05) is 6.20 Å². The molecule has 3 nitrogen and oxygen atoms in total. The predicted octanol–water partition coefficient (Wildman–Crippen LogP) is 1.03. The van der Waals surface area contributed by atoms with Crippen molar-refractivity contribution >= 4 is 25.1 Å². The van der Waals surface area contributed by atoms with Gasteiger partial charge in [-0.05, 0) is 12.1 Å². The summed E-state index contributed by atoms with van der Waals surface area (Å²) in [5.74, 6) is 1.43. The molecular weight excluding hydrogens is 149 g/mol. The number of hydrogen-bond acceptors (Lipinski definition) is 2. The van der Waals surface area contributed by atoms with E-state index >= 15 is 0 Å². The van der Waals surface area contributed by atoms with Crippen LogP contribution in [0.4, 0.5) is 0 Å². The van der Waals surface area contributed by atoms with E-state index in [-0.39, 0.29) is 0 Å². The Labute approximate surface area is 71.1 Å². The summed E-state index contributed by atoms with van der Waals surface area (Å²) in [4.78, 5) is 0. The molecule has 0 aliphatic carbocycles. The highest BCUT2D eigenvalue weighted by Gasteiger charge is 1.97. The highest BCUT2D eigenvalue weighted by atomic mass is 15.4. The Hall–Kier alpha value is -1.58. The summed E-state index contributed by atoms with van der Waals surface area (Å²) < 4.78 is 1.63. The van der Waals surface area contributed by atoms with Gasteiger partial charge in [-0.2, -0.15) is 0 Å². The number of para-hydroxylation sites is 1. The molecule has 0 aliphatic heterocycles. The molecule has 4 heteroatoms. The number of fused-ring (bicyclic) bond motifs is 1. The van der Waals surface area contributed by atoms with E-state index in [2.05, 4.69) is 10.3 Å². The fraction of sp³-hybridized carbons (Fsp3) is 0. The van der Waals surface area contributed by atoms with Gasteiger partial charge in [0.05, 0.1) is 5.52 Å². The Kier molecular flexibility index (Phi) is 1.66. The van der Waals surface area contributed by atoms with Gasteiger partial charge in [0.25, 0.3) is 0 Å². The Balaban J connectivity index is 2.70. The zero-order chi connectivity index (χ0) is 8.39. The smallest absolute Gasteiger partial charge is 0.113 e. The zero-order valence-corrected chi connectivity index (χ0v) is 6.38. The summed E-state index contributed by atoms with van der Waals surface area (Å²) in [6.45, 7) is 0. The monoisotopic (exact) mass is 155 g/mol. The summed E-state index contributed by atoms with van der Waals surface area (Å²) in [6.07, 6.45) is 1.66. The summed E-state index contributed by atoms with van der Waals surface area (Å²) >= 11 is 0. The van der Waals surface area contributed by atoms with Crippen LogP contribution in [-0.4, -0.2) is 22.8 Å². The Morgan fingerprint density at radius 1 is 1.33 bits per heavy atom. The molecule has 1 aromatic carbocycles. The highest BCUT2D eigenvalue weighted by molar-refractivity contribution is 6.18. The third kappa shape index (κ3) is 1.01. The fourth-order valence-electron chi connectivity index (χ4n) is 1.08. The average molecular weight is 155 g/mol. The van der Waals surface area contributed by atoms with Crippen LogP contribution in [0.5, 0.6) is 0 Å². The SMILES string of the molecule is [B]/C=C\n1nnc2ccccc21. The lowest BCUT2D eigenvalue weighted by Gasteiger charge is -1.90. The lowest BCUT2D eigenvalue weighted by atomic mass is 10.2. The second-order valence-corrected chi connectivity index (χ2v) is 2.36. The highest BCUT2D eigenvalue weighted by Crippen LogP contribution is 2.09. The van der Waals surface area contributed by atoms with E-state index in [0.29, 0.717) is 0 Å². The molecule has 0 N–H and O–H groups in total. The minimum Gasteiger partial charge on any atom is -0.221 e. The average Bonchev–Trinajstić information content (AvgIpc) is 2.50. The third-order valence-electron chi connectivity index (χ3n) is 1.60. The molecule has 0 fully saturated rings. The molecule has 0 spiro atoms. The molecular formula is C8H6BN3. The van der Waals surface area contributed by atoms with E-state index < -0.39 is 0 Å². The largest absolute Gasteiger partial charge is 0.221 e. The number of rotatable bonds is 1. The normalized spacial score (nSPS) is 11.3. The van der Waals surface area contributed by atoms with Gasteiger partial charge in [-0.15, -0.1) is 11.1 Å². The number of hydrogen-bond donors (Lipinski definition) is 0. The first kappa shape index (κ1) is 7.09. The number of nitrogens with zero attached hydrogens (tertiary/aromatic N) is 3. The maximum absolute atomic E-state index is 5.24. The van der Waals surface area contributed by atoms with E-state index in [9.17, 15) is 0 Å². The molecule has 0 aliphatic rings. The first-order valence-electron chi connectivity index (χ1n) is 3.60. The van der Waals surface area contributed by atoms with Crippen molar-refractivity contribution in [2.45, 2.75) is 0 Å². The molecule has 2 rings (SSSR count). The first-order chi connectivity index (χ1) is 5.92. The third-order valence-corrected chi connectivity index (χ3v) is 1.60. The quantitative estimate of drug-likeness (QED) is 0.575. The van der Waals surface area contributed by atoms with Crippen LogP contribution < -0.4 is 0 Å². The van der Waals surface area contributed by atoms with Crippen molar-refractivity contribution in [2.24, 2.45) is 0 Å². The molecule has 12 heavy (non-hydrogen) atoms. The molecule has 0 unspecified atom stereocenters. The predicted molar refractivity (Wildman–Crippen MR) is 48.6 cm³/mol. The Morgan fingerprint density at radius 2 is 2.17 bits per heavy atom. The van der Waals surface area contributed by atoms with Crippen LogP contribution >= 0.6 is 0 Å². The lowest BCUT2D eigenvalue weighted by molar-refractivity contribution is 0.862. The zero-order valence-electron chi connectivity index (χ0n) is 6.38. The lowest BCUT2D eigenvalue weighted by Crippen LogP contribution is -1.87. The molecule has 1 heterocycles. The minimum absolute atomic E-state index is 0.871. The van der Waals surface area contributed by atoms with Crippen molar-refractivity contribution in [3.63, 3.8) is 0 Å². The van der Waals surface area contributed by atoms with Crippen molar-refractivity contribution in [2.75, 3.05) is 0 Å². The maximum atomic E-state index is 5.24. The fourth-order valence-corrected chi connectivity index (χ4v) is 1.08. The molecule has 0 amide bonds. The van der Waals surface area contributed by atoms with Gasteiger partial charge in [0.1, 0.15) is 13.4 Å². The van der Waals surface area contributed by atoms with Crippen LogP contribution in [0.1, 0.15) is 0 Å². The van der Waals surface area contributed by atoms with Gasteiger partial charge in [0.15, 0.2) is 0 Å². The van der Waals surface area contributed by atoms with Crippen LogP contribution in [0.3, 0.4) is 0 Å². The van der Waals surface area contributed by atoms with Gasteiger partial charge in [-0.1, -0.05) is 17.3 Å². The maximum Gasteiger partial charge on any atom is 0.113 e. The second kappa shape index (κ2) is 2.81. The van der Waals surface area contributed by atoms with Crippen LogP contribution in [0, 0.1) is 0 Å². The van der Waals surface area contributed by atoms with E-state index in [1.165, 1.54) is 5.98 Å². The van der Waals surface area contributed by atoms with Crippen LogP contribution in [-0.2, 0) is 0 Å². The van der Waals surface area contributed by atoms with Crippen molar-refractivity contribution < 1.29 is 0 Å². The van der Waals surface area contributed by atoms with Crippen molar-refractivity contribution in [1.82, 2.24) is 15.0 Å². The van der Waals surface area contributed by atoms with Crippen LogP contribution in [0.2, 0.25) is 0 Å². The minimum atomic E-state index is 0.871. The van der Waals surface area contributed by atoms with E-state index in [4.69, 9.17) is 7.85 Å². The van der Waals surface area contributed by atoms with Crippen molar-refractivity contribution in [3.8, 4) is 0 Å². The van der Waals surface area contributed by atoms with Gasteiger partial charge in [0.2, 0.25) is 0 Å². The molecule has 0 saturated heterocycles. The number of benzene rings is 1. The van der Waals surface area contributed by atoms with E-state index in [1.54, 1.807) is 10.9 Å². The van der Waals surface area contributed by atoms with Gasteiger partial charge >= 0.3 is 0 Å². The molecule has 0 bridgehead atoms. The van der Waals surface area contributed by atoms with Crippen molar-refractivity contribution in [3.05, 3.63) is 30.2 Å². The molecule has 56 valence electrons. The van der Waals surface area contributed by atoms with Gasteiger partial charge < -0.3 is 0 Å². The van der Waals surface area contributed by atoms with Gasteiger partial charge in [-0.3, -0.25) is 0 Å². The molecule has 2 radical (unpaired) electrons. The molecule has 0 atom stereocenters. The van der Waals surface area contributed by atoms with E-state index in [1.807, 2.05) is 24.3 Å². The molecule has 0 saturated carbocycles. The molecule has 2 aromatic rings. The standard InChI is InChI=1S/C8H6BN3/c9-5-6-12-8-4-2-1-3-7(8)10-11-12/h1-6H/b6-5-. The summed E-state index contributed by atoms with van der Waals surface area (Å²) in [6, 6.07) is 7.71. The number of aromatic nitrogens is 3. The second-order valence-electron chi connectivity index (χ2n) is 2.36. The summed E-state index contributed by atoms with van der Waals surface area (Å²) in [7, 11) is 5.24. The summed E-state index contributed by atoms with van der Waals surface area (Å²) in [5, 5.41) is 7.83. The summed E-state index contributed by atoms with van der Waals surface area (Å²) in [5.41, 5.74) is 1.83. The van der Waals surface area contributed by atoms with Crippen LogP contribution in [0.25, 0.3) is 17.2 Å². The first-order valence-corrected chi connectivity index (χ1v) is 3.60.